The number of aromatic nitrogens is 2. The van der Waals surface area contributed by atoms with Gasteiger partial charge in [-0.1, -0.05) is 6.92 Å². The number of hydrogen-bond donors (Lipinski definition) is 1. The van der Waals surface area contributed by atoms with E-state index in [0.29, 0.717) is 4.47 Å². The lowest BCUT2D eigenvalue weighted by Crippen LogP contribution is -2.12. The summed E-state index contributed by atoms with van der Waals surface area (Å²) in [7, 11) is 0. The molecule has 0 aliphatic rings. The van der Waals surface area contributed by atoms with E-state index in [1.807, 2.05) is 12.3 Å². The zero-order valence-corrected chi connectivity index (χ0v) is 12.4. The monoisotopic (exact) mass is 342 g/mol. The van der Waals surface area contributed by atoms with Crippen LogP contribution >= 0.6 is 27.3 Å². The van der Waals surface area contributed by atoms with Gasteiger partial charge in [0.05, 0.1) is 11.0 Å². The Labute approximate surface area is 122 Å². The van der Waals surface area contributed by atoms with E-state index < -0.39 is 4.92 Å². The molecule has 0 spiro atoms. The minimum atomic E-state index is -0.450. The maximum absolute atomic E-state index is 11.0. The van der Waals surface area contributed by atoms with Gasteiger partial charge in [-0.25, -0.2) is 9.97 Å². The molecule has 0 amide bonds. The Balaban J connectivity index is 2.29. The van der Waals surface area contributed by atoms with E-state index in [2.05, 4.69) is 31.2 Å². The molecule has 8 heteroatoms. The van der Waals surface area contributed by atoms with Crippen LogP contribution < -0.4 is 5.32 Å². The first kappa shape index (κ1) is 13.9. The Morgan fingerprint density at radius 3 is 2.95 bits per heavy atom. The third-order valence-corrected chi connectivity index (χ3v) is 3.82. The van der Waals surface area contributed by atoms with E-state index >= 15 is 0 Å². The van der Waals surface area contributed by atoms with Crippen molar-refractivity contribution in [2.45, 2.75) is 19.4 Å². The SMILES string of the molecule is CCC(Nc1ncc(Br)cc1[N+](=O)[O-])c1nccs1. The molecule has 0 aliphatic heterocycles. The summed E-state index contributed by atoms with van der Waals surface area (Å²) < 4.78 is 0.576. The van der Waals surface area contributed by atoms with Crippen LogP contribution in [0, 0.1) is 10.1 Å². The number of anilines is 1. The van der Waals surface area contributed by atoms with Crippen LogP contribution in [0.15, 0.2) is 28.3 Å². The molecule has 2 aromatic rings. The van der Waals surface area contributed by atoms with Crippen molar-refractivity contribution in [3.63, 3.8) is 0 Å². The average molecular weight is 343 g/mol. The highest BCUT2D eigenvalue weighted by Crippen LogP contribution is 2.30. The first-order chi connectivity index (χ1) is 9.11. The number of nitro groups is 1. The van der Waals surface area contributed by atoms with Gasteiger partial charge in [0.15, 0.2) is 0 Å². The fourth-order valence-corrected chi connectivity index (χ4v) is 2.68. The molecule has 1 atom stereocenters. The second kappa shape index (κ2) is 6.07. The minimum Gasteiger partial charge on any atom is -0.355 e. The standard InChI is InChI=1S/C11H11BrN4O2S/c1-2-8(11-13-3-4-19-11)15-10-9(16(17)18)5-7(12)6-14-10/h3-6,8H,2H2,1H3,(H,14,15). The Kier molecular flexibility index (Phi) is 4.43. The van der Waals surface area contributed by atoms with Crippen LogP contribution in [-0.2, 0) is 0 Å². The molecule has 0 radical (unpaired) electrons. The summed E-state index contributed by atoms with van der Waals surface area (Å²) in [5.74, 6) is 0.259. The normalized spacial score (nSPS) is 12.1. The molecule has 2 heterocycles. The molecule has 2 rings (SSSR count). The molecule has 0 aromatic carbocycles. The minimum absolute atomic E-state index is 0.0515. The van der Waals surface area contributed by atoms with Crippen molar-refractivity contribution in [1.29, 1.82) is 0 Å². The predicted molar refractivity (Wildman–Crippen MR) is 77.4 cm³/mol. The number of pyridine rings is 1. The summed E-state index contributed by atoms with van der Waals surface area (Å²) in [4.78, 5) is 18.9. The molecule has 0 saturated heterocycles. The van der Waals surface area contributed by atoms with Gasteiger partial charge >= 0.3 is 5.69 Å². The van der Waals surface area contributed by atoms with Crippen molar-refractivity contribution in [2.24, 2.45) is 0 Å². The zero-order valence-electron chi connectivity index (χ0n) is 10.0. The maximum atomic E-state index is 11.0. The summed E-state index contributed by atoms with van der Waals surface area (Å²) in [6.07, 6.45) is 4.01. The Morgan fingerprint density at radius 2 is 2.37 bits per heavy atom. The molecule has 2 aromatic heterocycles. The number of rotatable bonds is 5. The zero-order chi connectivity index (χ0) is 13.8. The maximum Gasteiger partial charge on any atom is 0.312 e. The van der Waals surface area contributed by atoms with Crippen LogP contribution in [0.4, 0.5) is 11.5 Å². The fraction of sp³-hybridized carbons (Fsp3) is 0.273. The second-order valence-corrected chi connectivity index (χ2v) is 5.60. The quantitative estimate of drug-likeness (QED) is 0.660. The highest BCUT2D eigenvalue weighted by Gasteiger charge is 2.20. The second-order valence-electron chi connectivity index (χ2n) is 3.75. The molecule has 0 bridgehead atoms. The van der Waals surface area contributed by atoms with E-state index in [1.165, 1.54) is 23.6 Å². The molecule has 0 fully saturated rings. The Hall–Kier alpha value is -1.54. The summed E-state index contributed by atoms with van der Waals surface area (Å²) in [5, 5.41) is 16.9. The fourth-order valence-electron chi connectivity index (χ4n) is 1.59. The van der Waals surface area contributed by atoms with Crippen molar-refractivity contribution < 1.29 is 4.92 Å². The molecule has 1 unspecified atom stereocenters. The topological polar surface area (TPSA) is 81.0 Å². The number of nitrogens with one attached hydrogen (secondary N) is 1. The van der Waals surface area contributed by atoms with Crippen LogP contribution in [0.2, 0.25) is 0 Å². The number of hydrogen-bond acceptors (Lipinski definition) is 6. The lowest BCUT2D eigenvalue weighted by Gasteiger charge is -2.14. The van der Waals surface area contributed by atoms with Crippen molar-refractivity contribution in [3.05, 3.63) is 43.4 Å². The van der Waals surface area contributed by atoms with Gasteiger partial charge in [0, 0.05) is 28.3 Å². The number of nitrogens with zero attached hydrogens (tertiary/aromatic N) is 3. The first-order valence-electron chi connectivity index (χ1n) is 5.57. The molecular formula is C11H11BrN4O2S. The predicted octanol–water partition coefficient (Wildman–Crippen LogP) is 3.77. The lowest BCUT2D eigenvalue weighted by molar-refractivity contribution is -0.384. The van der Waals surface area contributed by atoms with Gasteiger partial charge in [0.25, 0.3) is 0 Å². The van der Waals surface area contributed by atoms with E-state index in [1.54, 1.807) is 6.20 Å². The van der Waals surface area contributed by atoms with Gasteiger partial charge in [-0.3, -0.25) is 10.1 Å². The van der Waals surface area contributed by atoms with Crippen LogP contribution in [-0.4, -0.2) is 14.9 Å². The van der Waals surface area contributed by atoms with E-state index in [0.717, 1.165) is 11.4 Å². The van der Waals surface area contributed by atoms with Crippen LogP contribution in [0.25, 0.3) is 0 Å². The highest BCUT2D eigenvalue weighted by molar-refractivity contribution is 9.10. The molecule has 0 saturated carbocycles. The van der Waals surface area contributed by atoms with E-state index in [9.17, 15) is 10.1 Å². The number of halogens is 1. The molecule has 19 heavy (non-hydrogen) atoms. The van der Waals surface area contributed by atoms with Crippen LogP contribution in [0.5, 0.6) is 0 Å². The summed E-state index contributed by atoms with van der Waals surface area (Å²) >= 11 is 4.69. The van der Waals surface area contributed by atoms with Gasteiger partial charge in [-0.15, -0.1) is 11.3 Å². The Bertz CT molecular complexity index is 576. The van der Waals surface area contributed by atoms with Crippen molar-refractivity contribution in [3.8, 4) is 0 Å². The van der Waals surface area contributed by atoms with Gasteiger partial charge in [-0.2, -0.15) is 0 Å². The molecule has 1 N–H and O–H groups in total. The van der Waals surface area contributed by atoms with Crippen molar-refractivity contribution >= 4 is 38.8 Å². The van der Waals surface area contributed by atoms with E-state index in [4.69, 9.17) is 0 Å². The lowest BCUT2D eigenvalue weighted by atomic mass is 10.2. The molecular weight excluding hydrogens is 332 g/mol. The summed E-state index contributed by atoms with van der Waals surface area (Å²) in [5.41, 5.74) is -0.0515. The van der Waals surface area contributed by atoms with Crippen molar-refractivity contribution in [1.82, 2.24) is 9.97 Å². The van der Waals surface area contributed by atoms with Gasteiger partial charge in [0.2, 0.25) is 5.82 Å². The summed E-state index contributed by atoms with van der Waals surface area (Å²) in [6, 6.07) is 1.36. The first-order valence-corrected chi connectivity index (χ1v) is 7.25. The van der Waals surface area contributed by atoms with Gasteiger partial charge in [-0.05, 0) is 22.4 Å². The van der Waals surface area contributed by atoms with Gasteiger partial charge in [0.1, 0.15) is 5.01 Å². The third kappa shape index (κ3) is 3.27. The van der Waals surface area contributed by atoms with Crippen LogP contribution in [0.1, 0.15) is 24.4 Å². The van der Waals surface area contributed by atoms with Crippen molar-refractivity contribution in [2.75, 3.05) is 5.32 Å². The van der Waals surface area contributed by atoms with Gasteiger partial charge < -0.3 is 5.32 Å². The average Bonchev–Trinajstić information content (AvgIpc) is 2.90. The molecule has 100 valence electrons. The smallest absolute Gasteiger partial charge is 0.312 e. The Morgan fingerprint density at radius 1 is 1.58 bits per heavy atom. The van der Waals surface area contributed by atoms with E-state index in [-0.39, 0.29) is 17.5 Å². The summed E-state index contributed by atoms with van der Waals surface area (Å²) in [6.45, 7) is 1.99. The molecule has 0 aliphatic carbocycles. The largest absolute Gasteiger partial charge is 0.355 e. The molecule has 6 nitrogen and oxygen atoms in total. The third-order valence-electron chi connectivity index (χ3n) is 2.50. The van der Waals surface area contributed by atoms with Crippen LogP contribution in [0.3, 0.4) is 0 Å². The highest BCUT2D eigenvalue weighted by atomic mass is 79.9. The number of thiazole rings is 1.